The van der Waals surface area contributed by atoms with Crippen LogP contribution < -0.4 is 0 Å². The fourth-order valence-electron chi connectivity index (χ4n) is 3.25. The molecule has 1 N–H and O–H groups in total. The number of aliphatic carboxylic acids is 1. The van der Waals surface area contributed by atoms with Crippen LogP contribution in [0.4, 0.5) is 0 Å². The third kappa shape index (κ3) is 2.09. The Bertz CT molecular complexity index is 624. The molecule has 1 heterocycles. The van der Waals surface area contributed by atoms with Crippen molar-refractivity contribution >= 4 is 5.97 Å². The lowest BCUT2D eigenvalue weighted by atomic mass is 9.67. The van der Waals surface area contributed by atoms with Gasteiger partial charge in [-0.05, 0) is 48.4 Å². The molecular weight excluding hydrogens is 250 g/mol. The minimum absolute atomic E-state index is 0.507. The van der Waals surface area contributed by atoms with E-state index in [-0.39, 0.29) is 0 Å². The van der Waals surface area contributed by atoms with Crippen LogP contribution in [-0.2, 0) is 23.1 Å². The van der Waals surface area contributed by atoms with Gasteiger partial charge < -0.3 is 5.11 Å². The molecule has 1 aliphatic carbocycles. The van der Waals surface area contributed by atoms with Gasteiger partial charge in [0.25, 0.3) is 0 Å². The maximum absolute atomic E-state index is 12.0. The molecule has 0 saturated heterocycles. The zero-order chi connectivity index (χ0) is 14.0. The number of hydrogen-bond acceptors (Lipinski definition) is 2. The maximum atomic E-state index is 12.0. The van der Waals surface area contributed by atoms with Crippen molar-refractivity contribution in [1.82, 2.24) is 4.98 Å². The summed E-state index contributed by atoms with van der Waals surface area (Å²) in [5.41, 5.74) is 2.32. The third-order valence-electron chi connectivity index (χ3n) is 4.22. The van der Waals surface area contributed by atoms with E-state index >= 15 is 0 Å². The van der Waals surface area contributed by atoms with Crippen LogP contribution in [0.25, 0.3) is 0 Å². The summed E-state index contributed by atoms with van der Waals surface area (Å²) in [4.78, 5) is 16.1. The van der Waals surface area contributed by atoms with Crippen LogP contribution >= 0.6 is 0 Å². The Morgan fingerprint density at radius 3 is 2.85 bits per heavy atom. The number of aromatic nitrogens is 1. The molecule has 1 aliphatic rings. The van der Waals surface area contributed by atoms with E-state index in [1.165, 1.54) is 5.56 Å². The van der Waals surface area contributed by atoms with Crippen LogP contribution in [0, 0.1) is 0 Å². The molecule has 0 fully saturated rings. The Labute approximate surface area is 118 Å². The quantitative estimate of drug-likeness (QED) is 0.930. The van der Waals surface area contributed by atoms with Crippen molar-refractivity contribution in [3.8, 4) is 0 Å². The SMILES string of the molecule is O=C(O)C1(Cc2cccnc2)CCCc2ccccc21. The van der Waals surface area contributed by atoms with Crippen molar-refractivity contribution in [2.45, 2.75) is 31.1 Å². The minimum atomic E-state index is -0.808. The van der Waals surface area contributed by atoms with Crippen molar-refractivity contribution in [2.75, 3.05) is 0 Å². The van der Waals surface area contributed by atoms with Gasteiger partial charge in [0.2, 0.25) is 0 Å². The number of rotatable bonds is 3. The molecule has 1 unspecified atom stereocenters. The standard InChI is InChI=1S/C17H17NO2/c19-16(20)17(11-13-5-4-10-18-12-13)9-3-7-14-6-1-2-8-15(14)17/h1-2,4-6,8,10,12H,3,7,9,11H2,(H,19,20). The van der Waals surface area contributed by atoms with Gasteiger partial charge in [0.15, 0.2) is 0 Å². The van der Waals surface area contributed by atoms with Crippen LogP contribution in [0.3, 0.4) is 0 Å². The van der Waals surface area contributed by atoms with Gasteiger partial charge in [0.05, 0.1) is 5.41 Å². The highest BCUT2D eigenvalue weighted by molar-refractivity contribution is 5.83. The number of carboxylic acid groups (broad SMARTS) is 1. The average molecular weight is 267 g/mol. The first kappa shape index (κ1) is 12.9. The zero-order valence-corrected chi connectivity index (χ0v) is 11.2. The fourth-order valence-corrected chi connectivity index (χ4v) is 3.25. The van der Waals surface area contributed by atoms with Gasteiger partial charge in [-0.2, -0.15) is 0 Å². The van der Waals surface area contributed by atoms with E-state index in [1.807, 2.05) is 30.3 Å². The summed E-state index contributed by atoms with van der Waals surface area (Å²) in [5, 5.41) is 9.88. The number of fused-ring (bicyclic) bond motifs is 1. The van der Waals surface area contributed by atoms with Gasteiger partial charge in [-0.15, -0.1) is 0 Å². The predicted molar refractivity (Wildman–Crippen MR) is 76.6 cm³/mol. The van der Waals surface area contributed by atoms with Gasteiger partial charge in [-0.1, -0.05) is 30.3 Å². The molecule has 0 amide bonds. The predicted octanol–water partition coefficient (Wildman–Crippen LogP) is 2.98. The Kier molecular flexibility index (Phi) is 3.26. The second kappa shape index (κ2) is 5.08. The Balaban J connectivity index is 2.08. The number of pyridine rings is 1. The molecule has 2 aromatic rings. The lowest BCUT2D eigenvalue weighted by Crippen LogP contribution is -2.41. The van der Waals surface area contributed by atoms with Crippen LogP contribution in [0.15, 0.2) is 48.8 Å². The molecule has 102 valence electrons. The molecule has 3 heteroatoms. The van der Waals surface area contributed by atoms with Crippen LogP contribution in [0.1, 0.15) is 29.5 Å². The van der Waals surface area contributed by atoms with Gasteiger partial charge in [-0.3, -0.25) is 9.78 Å². The molecule has 1 atom stereocenters. The highest BCUT2D eigenvalue weighted by atomic mass is 16.4. The van der Waals surface area contributed by atoms with E-state index in [2.05, 4.69) is 11.1 Å². The summed E-state index contributed by atoms with van der Waals surface area (Å²) in [5.74, 6) is -0.728. The number of hydrogen-bond donors (Lipinski definition) is 1. The van der Waals surface area contributed by atoms with Crippen LogP contribution in [0.5, 0.6) is 0 Å². The summed E-state index contributed by atoms with van der Waals surface area (Å²) >= 11 is 0. The summed E-state index contributed by atoms with van der Waals surface area (Å²) in [6.45, 7) is 0. The summed E-state index contributed by atoms with van der Waals surface area (Å²) < 4.78 is 0. The van der Waals surface area contributed by atoms with Crippen molar-refractivity contribution in [2.24, 2.45) is 0 Å². The van der Waals surface area contributed by atoms with E-state index in [0.29, 0.717) is 12.8 Å². The normalized spacial score (nSPS) is 21.2. The molecule has 0 saturated carbocycles. The Morgan fingerprint density at radius 2 is 2.10 bits per heavy atom. The highest BCUT2D eigenvalue weighted by Crippen LogP contribution is 2.40. The highest BCUT2D eigenvalue weighted by Gasteiger charge is 2.43. The van der Waals surface area contributed by atoms with Gasteiger partial charge in [0.1, 0.15) is 0 Å². The van der Waals surface area contributed by atoms with Crippen molar-refractivity contribution in [1.29, 1.82) is 0 Å². The zero-order valence-electron chi connectivity index (χ0n) is 11.2. The lowest BCUT2D eigenvalue weighted by molar-refractivity contribution is -0.144. The van der Waals surface area contributed by atoms with Crippen molar-refractivity contribution < 1.29 is 9.90 Å². The number of carbonyl (C=O) groups is 1. The second-order valence-corrected chi connectivity index (χ2v) is 5.44. The first-order chi connectivity index (χ1) is 9.72. The monoisotopic (exact) mass is 267 g/mol. The minimum Gasteiger partial charge on any atom is -0.481 e. The number of carboxylic acids is 1. The average Bonchev–Trinajstić information content (AvgIpc) is 2.48. The molecule has 1 aromatic carbocycles. The van der Waals surface area contributed by atoms with Crippen molar-refractivity contribution in [3.05, 3.63) is 65.5 Å². The topological polar surface area (TPSA) is 50.2 Å². The van der Waals surface area contributed by atoms with Gasteiger partial charge >= 0.3 is 5.97 Å². The summed E-state index contributed by atoms with van der Waals surface area (Å²) in [7, 11) is 0. The molecule has 0 bridgehead atoms. The largest absolute Gasteiger partial charge is 0.481 e. The van der Waals surface area contributed by atoms with E-state index in [0.717, 1.165) is 24.0 Å². The molecule has 1 aromatic heterocycles. The number of benzene rings is 1. The lowest BCUT2D eigenvalue weighted by Gasteiger charge is -2.35. The third-order valence-corrected chi connectivity index (χ3v) is 4.22. The molecule has 0 aliphatic heterocycles. The number of nitrogens with zero attached hydrogens (tertiary/aromatic N) is 1. The van der Waals surface area contributed by atoms with E-state index in [1.54, 1.807) is 12.4 Å². The smallest absolute Gasteiger partial charge is 0.314 e. The van der Waals surface area contributed by atoms with E-state index in [9.17, 15) is 9.90 Å². The Morgan fingerprint density at radius 1 is 1.25 bits per heavy atom. The summed E-state index contributed by atoms with van der Waals surface area (Å²) in [6.07, 6.45) is 6.57. The number of aryl methyl sites for hydroxylation is 1. The van der Waals surface area contributed by atoms with Crippen LogP contribution in [-0.4, -0.2) is 16.1 Å². The Hall–Kier alpha value is -2.16. The molecular formula is C17H17NO2. The fraction of sp³-hybridized carbons (Fsp3) is 0.294. The van der Waals surface area contributed by atoms with E-state index in [4.69, 9.17) is 0 Å². The second-order valence-electron chi connectivity index (χ2n) is 5.44. The molecule has 0 spiro atoms. The molecule has 0 radical (unpaired) electrons. The first-order valence-corrected chi connectivity index (χ1v) is 6.93. The maximum Gasteiger partial charge on any atom is 0.314 e. The van der Waals surface area contributed by atoms with Gasteiger partial charge in [0, 0.05) is 12.4 Å². The summed E-state index contributed by atoms with van der Waals surface area (Å²) in [6, 6.07) is 11.8. The first-order valence-electron chi connectivity index (χ1n) is 6.93. The molecule has 3 rings (SSSR count). The van der Waals surface area contributed by atoms with Crippen LogP contribution in [0.2, 0.25) is 0 Å². The van der Waals surface area contributed by atoms with Gasteiger partial charge in [-0.25, -0.2) is 0 Å². The van der Waals surface area contributed by atoms with Crippen molar-refractivity contribution in [3.63, 3.8) is 0 Å². The molecule has 3 nitrogen and oxygen atoms in total. The molecule has 20 heavy (non-hydrogen) atoms. The van der Waals surface area contributed by atoms with E-state index < -0.39 is 11.4 Å².